The van der Waals surface area contributed by atoms with Crippen molar-refractivity contribution in [3.63, 3.8) is 0 Å². The molecule has 6 nitrogen and oxygen atoms in total. The quantitative estimate of drug-likeness (QED) is 0.244. The number of hydrogen-bond acceptors (Lipinski definition) is 5. The maximum atomic E-state index is 11.1. The Labute approximate surface area is 117 Å². The van der Waals surface area contributed by atoms with Crippen molar-refractivity contribution in [1.82, 2.24) is 5.48 Å². The molecule has 1 aromatic rings. The maximum Gasteiger partial charge on any atom is 0.292 e. The molecule has 0 aliphatic heterocycles. The van der Waals surface area contributed by atoms with Gasteiger partial charge in [0.15, 0.2) is 5.71 Å². The van der Waals surface area contributed by atoms with Gasteiger partial charge in [-0.3, -0.25) is 10.0 Å². The van der Waals surface area contributed by atoms with Crippen LogP contribution in [0.1, 0.15) is 19.4 Å². The molecule has 0 heterocycles. The van der Waals surface area contributed by atoms with E-state index < -0.39 is 5.91 Å². The van der Waals surface area contributed by atoms with Crippen molar-refractivity contribution in [1.29, 1.82) is 0 Å². The fourth-order valence-corrected chi connectivity index (χ4v) is 1.43. The van der Waals surface area contributed by atoms with E-state index in [9.17, 15) is 4.79 Å². The molecule has 0 aromatic heterocycles. The molecule has 0 saturated carbocycles. The lowest BCUT2D eigenvalue weighted by Crippen LogP contribution is -2.29. The largest absolute Gasteiger partial charge is 0.490 e. The minimum Gasteiger partial charge on any atom is -0.490 e. The minimum absolute atomic E-state index is 0.108. The number of hydrogen-bond donors (Lipinski definition) is 3. The lowest BCUT2D eigenvalue weighted by Gasteiger charge is -2.06. The Kier molecular flexibility index (Phi) is 6.25. The van der Waals surface area contributed by atoms with Crippen LogP contribution < -0.4 is 10.2 Å². The standard InChI is InChI=1S/C14H18N2O4/c1-10(2)7-8-20-12-5-3-11(4-6-12)9-13(15-18)14(17)16-19/h3-7,18-19H,8-9H2,1-2H3,(H,16,17)/b15-13+. The Morgan fingerprint density at radius 3 is 2.50 bits per heavy atom. The molecule has 0 atom stereocenters. The predicted octanol–water partition coefficient (Wildman–Crippen LogP) is 1.91. The van der Waals surface area contributed by atoms with Crippen LogP contribution in [-0.4, -0.2) is 28.6 Å². The summed E-state index contributed by atoms with van der Waals surface area (Å²) >= 11 is 0. The monoisotopic (exact) mass is 278 g/mol. The first-order chi connectivity index (χ1) is 9.56. The number of nitrogens with zero attached hydrogens (tertiary/aromatic N) is 1. The second kappa shape index (κ2) is 7.96. The van der Waals surface area contributed by atoms with Gasteiger partial charge in [0, 0.05) is 6.42 Å². The van der Waals surface area contributed by atoms with Gasteiger partial charge in [-0.25, -0.2) is 5.48 Å². The number of rotatable bonds is 6. The molecule has 0 unspecified atom stereocenters. The number of oxime groups is 1. The summed E-state index contributed by atoms with van der Waals surface area (Å²) in [6, 6.07) is 7.04. The second-order valence-electron chi connectivity index (χ2n) is 4.40. The zero-order valence-electron chi connectivity index (χ0n) is 11.5. The highest BCUT2D eigenvalue weighted by Gasteiger charge is 2.11. The van der Waals surface area contributed by atoms with Gasteiger partial charge < -0.3 is 9.94 Å². The summed E-state index contributed by atoms with van der Waals surface area (Å²) in [5.41, 5.74) is 3.19. The predicted molar refractivity (Wildman–Crippen MR) is 74.2 cm³/mol. The SMILES string of the molecule is CC(C)=CCOc1ccc(C/C(=N\O)C(=O)NO)cc1. The summed E-state index contributed by atoms with van der Waals surface area (Å²) in [5.74, 6) is -0.128. The fraction of sp³-hybridized carbons (Fsp3) is 0.286. The number of carbonyl (C=O) groups excluding carboxylic acids is 1. The van der Waals surface area contributed by atoms with Crippen molar-refractivity contribution >= 4 is 11.6 Å². The highest BCUT2D eigenvalue weighted by molar-refractivity contribution is 6.38. The zero-order chi connectivity index (χ0) is 15.0. The molecule has 0 spiro atoms. The summed E-state index contributed by atoms with van der Waals surface area (Å²) in [6.45, 7) is 4.49. The van der Waals surface area contributed by atoms with Gasteiger partial charge in [-0.1, -0.05) is 22.9 Å². The van der Waals surface area contributed by atoms with Crippen molar-refractivity contribution in [2.24, 2.45) is 5.16 Å². The summed E-state index contributed by atoms with van der Waals surface area (Å²) < 4.78 is 5.50. The molecule has 6 heteroatoms. The Hall–Kier alpha value is -2.34. The highest BCUT2D eigenvalue weighted by atomic mass is 16.5. The molecule has 20 heavy (non-hydrogen) atoms. The first-order valence-electron chi connectivity index (χ1n) is 6.07. The van der Waals surface area contributed by atoms with Crippen LogP contribution in [0.15, 0.2) is 41.1 Å². The van der Waals surface area contributed by atoms with E-state index in [1.165, 1.54) is 11.1 Å². The third-order valence-corrected chi connectivity index (χ3v) is 2.52. The average molecular weight is 278 g/mol. The number of amides is 1. The van der Waals surface area contributed by atoms with E-state index in [2.05, 4.69) is 5.16 Å². The molecule has 108 valence electrons. The molecular formula is C14H18N2O4. The number of carbonyl (C=O) groups is 1. The zero-order valence-corrected chi connectivity index (χ0v) is 11.5. The smallest absolute Gasteiger partial charge is 0.292 e. The van der Waals surface area contributed by atoms with Gasteiger partial charge in [0.1, 0.15) is 12.4 Å². The van der Waals surface area contributed by atoms with Gasteiger partial charge in [-0.05, 0) is 37.6 Å². The minimum atomic E-state index is -0.837. The van der Waals surface area contributed by atoms with Crippen molar-refractivity contribution in [3.8, 4) is 5.75 Å². The third-order valence-electron chi connectivity index (χ3n) is 2.52. The molecular weight excluding hydrogens is 260 g/mol. The van der Waals surface area contributed by atoms with E-state index in [1.54, 1.807) is 24.3 Å². The molecule has 1 aromatic carbocycles. The Morgan fingerprint density at radius 1 is 1.35 bits per heavy atom. The van der Waals surface area contributed by atoms with Gasteiger partial charge in [0.25, 0.3) is 5.91 Å². The van der Waals surface area contributed by atoms with Crippen molar-refractivity contribution in [3.05, 3.63) is 41.5 Å². The average Bonchev–Trinajstić information content (AvgIpc) is 2.45. The molecule has 3 N–H and O–H groups in total. The van der Waals surface area contributed by atoms with Gasteiger partial charge >= 0.3 is 0 Å². The molecule has 0 saturated heterocycles. The van der Waals surface area contributed by atoms with Crippen LogP contribution in [0.4, 0.5) is 0 Å². The van der Waals surface area contributed by atoms with Crippen LogP contribution in [0.25, 0.3) is 0 Å². The molecule has 1 rings (SSSR count). The van der Waals surface area contributed by atoms with E-state index in [0.717, 1.165) is 5.56 Å². The second-order valence-corrected chi connectivity index (χ2v) is 4.40. The van der Waals surface area contributed by atoms with Gasteiger partial charge in [-0.2, -0.15) is 0 Å². The van der Waals surface area contributed by atoms with Crippen LogP contribution in [0.3, 0.4) is 0 Å². The first-order valence-corrected chi connectivity index (χ1v) is 6.07. The van der Waals surface area contributed by atoms with E-state index >= 15 is 0 Å². The molecule has 1 amide bonds. The van der Waals surface area contributed by atoms with Crippen molar-refractivity contribution < 1.29 is 19.9 Å². The summed E-state index contributed by atoms with van der Waals surface area (Å²) in [4.78, 5) is 11.1. The molecule has 0 aliphatic carbocycles. The third kappa shape index (κ3) is 5.11. The van der Waals surface area contributed by atoms with Crippen LogP contribution in [0.5, 0.6) is 5.75 Å². The van der Waals surface area contributed by atoms with Crippen LogP contribution in [0, 0.1) is 0 Å². The summed E-state index contributed by atoms with van der Waals surface area (Å²) in [5, 5.41) is 20.0. The molecule has 0 radical (unpaired) electrons. The summed E-state index contributed by atoms with van der Waals surface area (Å²) in [6.07, 6.45) is 2.08. The number of ether oxygens (including phenoxy) is 1. The number of nitrogens with one attached hydrogen (secondary N) is 1. The van der Waals surface area contributed by atoms with E-state index in [0.29, 0.717) is 12.4 Å². The van der Waals surface area contributed by atoms with E-state index in [1.807, 2.05) is 19.9 Å². The fourth-order valence-electron chi connectivity index (χ4n) is 1.43. The van der Waals surface area contributed by atoms with Crippen LogP contribution in [0.2, 0.25) is 0 Å². The lowest BCUT2D eigenvalue weighted by molar-refractivity contribution is -0.122. The Balaban J connectivity index is 2.62. The molecule has 0 aliphatic rings. The normalized spacial score (nSPS) is 10.8. The molecule has 0 fully saturated rings. The van der Waals surface area contributed by atoms with E-state index in [-0.39, 0.29) is 12.1 Å². The summed E-state index contributed by atoms with van der Waals surface area (Å²) in [7, 11) is 0. The Morgan fingerprint density at radius 2 is 2.00 bits per heavy atom. The van der Waals surface area contributed by atoms with Crippen LogP contribution >= 0.6 is 0 Å². The topological polar surface area (TPSA) is 91.2 Å². The number of benzene rings is 1. The van der Waals surface area contributed by atoms with Gasteiger partial charge in [0.2, 0.25) is 0 Å². The highest BCUT2D eigenvalue weighted by Crippen LogP contribution is 2.13. The number of hydroxylamine groups is 1. The van der Waals surface area contributed by atoms with Gasteiger partial charge in [0.05, 0.1) is 0 Å². The van der Waals surface area contributed by atoms with Gasteiger partial charge in [-0.15, -0.1) is 0 Å². The van der Waals surface area contributed by atoms with Crippen molar-refractivity contribution in [2.45, 2.75) is 20.3 Å². The van der Waals surface area contributed by atoms with E-state index in [4.69, 9.17) is 15.2 Å². The first kappa shape index (κ1) is 15.7. The molecule has 0 bridgehead atoms. The lowest BCUT2D eigenvalue weighted by atomic mass is 10.1. The Bertz CT molecular complexity index is 502. The van der Waals surface area contributed by atoms with Crippen LogP contribution in [-0.2, 0) is 11.2 Å². The van der Waals surface area contributed by atoms with Crippen molar-refractivity contribution in [2.75, 3.05) is 6.61 Å². The maximum absolute atomic E-state index is 11.1. The number of allylic oxidation sites excluding steroid dienone is 1.